The van der Waals surface area contributed by atoms with E-state index in [0.717, 1.165) is 22.3 Å². The standard InChI is InChI=1S/C20H17F2N3O3/c21-15-10-16(22)17(23)9-14(15)19(28)13-5-6-18(27)25(20(13)24)12-3-1-11(2-4-12)7-8-26/h1-6,9-10,26H,7-8,23-24H2. The average molecular weight is 385 g/mol. The summed E-state index contributed by atoms with van der Waals surface area (Å²) in [5.74, 6) is -3.07. The van der Waals surface area contributed by atoms with E-state index in [1.165, 1.54) is 6.07 Å². The highest BCUT2D eigenvalue weighted by Crippen LogP contribution is 2.23. The number of rotatable bonds is 5. The fraction of sp³-hybridized carbons (Fsp3) is 0.100. The van der Waals surface area contributed by atoms with Gasteiger partial charge in [-0.2, -0.15) is 0 Å². The number of carbonyl (C=O) groups excluding carboxylic acids is 1. The number of hydrogen-bond acceptors (Lipinski definition) is 5. The molecule has 0 atom stereocenters. The summed E-state index contributed by atoms with van der Waals surface area (Å²) >= 11 is 0. The predicted octanol–water partition coefficient (Wildman–Crippen LogP) is 2.05. The van der Waals surface area contributed by atoms with Crippen LogP contribution in [0.4, 0.5) is 20.3 Å². The van der Waals surface area contributed by atoms with Gasteiger partial charge in [-0.3, -0.25) is 14.2 Å². The maximum absolute atomic E-state index is 14.1. The molecule has 0 aliphatic rings. The Balaban J connectivity index is 2.10. The SMILES string of the molecule is Nc1cc(C(=O)c2ccc(=O)n(-c3ccc(CCO)cc3)c2N)c(F)cc1F. The summed E-state index contributed by atoms with van der Waals surface area (Å²) in [5.41, 5.74) is 11.3. The number of anilines is 2. The molecule has 3 aromatic rings. The van der Waals surface area contributed by atoms with E-state index < -0.39 is 28.5 Å². The Morgan fingerprint density at radius 1 is 0.964 bits per heavy atom. The van der Waals surface area contributed by atoms with Crippen LogP contribution in [0.3, 0.4) is 0 Å². The molecule has 0 aliphatic carbocycles. The van der Waals surface area contributed by atoms with E-state index >= 15 is 0 Å². The zero-order valence-corrected chi connectivity index (χ0v) is 14.7. The number of benzene rings is 2. The first kappa shape index (κ1) is 19.2. The highest BCUT2D eigenvalue weighted by molar-refractivity contribution is 6.12. The van der Waals surface area contributed by atoms with Crippen LogP contribution in [0, 0.1) is 11.6 Å². The van der Waals surface area contributed by atoms with Gasteiger partial charge in [0.25, 0.3) is 5.56 Å². The number of ketones is 1. The lowest BCUT2D eigenvalue weighted by molar-refractivity contribution is 0.103. The van der Waals surface area contributed by atoms with Gasteiger partial charge < -0.3 is 16.6 Å². The van der Waals surface area contributed by atoms with Crippen molar-refractivity contribution in [1.82, 2.24) is 4.57 Å². The number of nitrogens with two attached hydrogens (primary N) is 2. The van der Waals surface area contributed by atoms with Gasteiger partial charge in [0.15, 0.2) is 5.78 Å². The molecule has 0 fully saturated rings. The van der Waals surface area contributed by atoms with Gasteiger partial charge in [-0.05, 0) is 36.2 Å². The largest absolute Gasteiger partial charge is 0.396 e. The van der Waals surface area contributed by atoms with E-state index in [-0.39, 0.29) is 23.7 Å². The van der Waals surface area contributed by atoms with E-state index in [2.05, 4.69) is 0 Å². The van der Waals surface area contributed by atoms with Gasteiger partial charge in [0.05, 0.1) is 22.5 Å². The summed E-state index contributed by atoms with van der Waals surface area (Å²) in [4.78, 5) is 25.1. The highest BCUT2D eigenvalue weighted by atomic mass is 19.1. The van der Waals surface area contributed by atoms with Crippen molar-refractivity contribution in [1.29, 1.82) is 0 Å². The van der Waals surface area contributed by atoms with Crippen LogP contribution in [-0.2, 0) is 6.42 Å². The normalized spacial score (nSPS) is 10.8. The summed E-state index contributed by atoms with van der Waals surface area (Å²) in [7, 11) is 0. The number of pyridine rings is 1. The molecule has 1 aromatic heterocycles. The molecule has 6 nitrogen and oxygen atoms in total. The summed E-state index contributed by atoms with van der Waals surface area (Å²) in [6.45, 7) is -0.0161. The molecule has 0 spiro atoms. The van der Waals surface area contributed by atoms with E-state index in [9.17, 15) is 18.4 Å². The summed E-state index contributed by atoms with van der Waals surface area (Å²) < 4.78 is 28.6. The van der Waals surface area contributed by atoms with Gasteiger partial charge in [0.2, 0.25) is 0 Å². The number of nitrogen functional groups attached to an aromatic ring is 2. The van der Waals surface area contributed by atoms with E-state index in [1.807, 2.05) is 0 Å². The number of nitrogens with zero attached hydrogens (tertiary/aromatic N) is 1. The number of aromatic nitrogens is 1. The third-order valence-electron chi connectivity index (χ3n) is 4.30. The van der Waals surface area contributed by atoms with Crippen LogP contribution in [0.15, 0.2) is 53.3 Å². The monoisotopic (exact) mass is 385 g/mol. The Morgan fingerprint density at radius 2 is 1.64 bits per heavy atom. The number of halogens is 2. The first-order valence-electron chi connectivity index (χ1n) is 8.34. The molecule has 0 radical (unpaired) electrons. The molecule has 2 aromatic carbocycles. The Hall–Kier alpha value is -3.52. The molecular weight excluding hydrogens is 368 g/mol. The second kappa shape index (κ2) is 7.61. The zero-order chi connectivity index (χ0) is 20.4. The summed E-state index contributed by atoms with van der Waals surface area (Å²) in [6, 6.07) is 10.4. The van der Waals surface area contributed by atoms with Crippen molar-refractivity contribution in [2.75, 3.05) is 18.1 Å². The third kappa shape index (κ3) is 3.49. The fourth-order valence-corrected chi connectivity index (χ4v) is 2.84. The molecule has 1 heterocycles. The molecule has 0 saturated heterocycles. The number of aliphatic hydroxyl groups excluding tert-OH is 1. The highest BCUT2D eigenvalue weighted by Gasteiger charge is 2.21. The maximum atomic E-state index is 14.1. The summed E-state index contributed by atoms with van der Waals surface area (Å²) in [6.07, 6.45) is 0.453. The Kier molecular flexibility index (Phi) is 5.23. The molecule has 5 N–H and O–H groups in total. The van der Waals surface area contributed by atoms with Gasteiger partial charge in [-0.15, -0.1) is 0 Å². The van der Waals surface area contributed by atoms with Crippen LogP contribution in [0.2, 0.25) is 0 Å². The number of hydrogen-bond donors (Lipinski definition) is 3. The van der Waals surface area contributed by atoms with Gasteiger partial charge in [0.1, 0.15) is 17.5 Å². The molecule has 3 rings (SSSR count). The minimum absolute atomic E-state index is 0.0161. The van der Waals surface area contributed by atoms with Crippen molar-refractivity contribution < 1.29 is 18.7 Å². The lowest BCUT2D eigenvalue weighted by Crippen LogP contribution is -2.23. The van der Waals surface area contributed by atoms with Crippen molar-refractivity contribution in [3.05, 3.63) is 87.2 Å². The Labute approximate surface area is 158 Å². The molecule has 0 aliphatic heterocycles. The predicted molar refractivity (Wildman–Crippen MR) is 101 cm³/mol. The van der Waals surface area contributed by atoms with Crippen LogP contribution in [0.5, 0.6) is 0 Å². The topological polar surface area (TPSA) is 111 Å². The summed E-state index contributed by atoms with van der Waals surface area (Å²) in [5, 5.41) is 8.98. The first-order valence-corrected chi connectivity index (χ1v) is 8.34. The van der Waals surface area contributed by atoms with Crippen LogP contribution < -0.4 is 17.0 Å². The average Bonchev–Trinajstić information content (AvgIpc) is 2.66. The molecule has 144 valence electrons. The van der Waals surface area contributed by atoms with Crippen molar-refractivity contribution in [2.45, 2.75) is 6.42 Å². The Morgan fingerprint density at radius 3 is 2.29 bits per heavy atom. The van der Waals surface area contributed by atoms with Crippen LogP contribution >= 0.6 is 0 Å². The van der Waals surface area contributed by atoms with Crippen molar-refractivity contribution in [3.8, 4) is 5.69 Å². The minimum atomic E-state index is -1.08. The van der Waals surface area contributed by atoms with Gasteiger partial charge in [-0.1, -0.05) is 12.1 Å². The molecule has 0 amide bonds. The molecule has 28 heavy (non-hydrogen) atoms. The van der Waals surface area contributed by atoms with E-state index in [4.69, 9.17) is 16.6 Å². The second-order valence-corrected chi connectivity index (χ2v) is 6.13. The lowest BCUT2D eigenvalue weighted by Gasteiger charge is -2.14. The van der Waals surface area contributed by atoms with Crippen LogP contribution in [0.1, 0.15) is 21.5 Å². The molecule has 0 unspecified atom stereocenters. The van der Waals surface area contributed by atoms with E-state index in [0.29, 0.717) is 18.2 Å². The van der Waals surface area contributed by atoms with Gasteiger partial charge >= 0.3 is 0 Å². The first-order chi connectivity index (χ1) is 13.3. The van der Waals surface area contributed by atoms with E-state index in [1.54, 1.807) is 24.3 Å². The third-order valence-corrected chi connectivity index (χ3v) is 4.30. The van der Waals surface area contributed by atoms with Crippen LogP contribution in [-0.4, -0.2) is 22.1 Å². The maximum Gasteiger partial charge on any atom is 0.256 e. The zero-order valence-electron chi connectivity index (χ0n) is 14.7. The molecule has 0 saturated carbocycles. The van der Waals surface area contributed by atoms with Gasteiger partial charge in [0, 0.05) is 18.7 Å². The number of carbonyl (C=O) groups is 1. The fourth-order valence-electron chi connectivity index (χ4n) is 2.84. The van der Waals surface area contributed by atoms with Crippen molar-refractivity contribution in [3.63, 3.8) is 0 Å². The van der Waals surface area contributed by atoms with Crippen molar-refractivity contribution in [2.24, 2.45) is 0 Å². The quantitative estimate of drug-likeness (QED) is 0.460. The minimum Gasteiger partial charge on any atom is -0.396 e. The second-order valence-electron chi connectivity index (χ2n) is 6.13. The number of aliphatic hydroxyl groups is 1. The molecule has 8 heteroatoms. The molecule has 0 bridgehead atoms. The Bertz CT molecular complexity index is 1110. The van der Waals surface area contributed by atoms with Crippen molar-refractivity contribution >= 4 is 17.3 Å². The molecular formula is C20H17F2N3O3. The smallest absolute Gasteiger partial charge is 0.256 e. The van der Waals surface area contributed by atoms with Crippen LogP contribution in [0.25, 0.3) is 5.69 Å². The lowest BCUT2D eigenvalue weighted by atomic mass is 10.0. The van der Waals surface area contributed by atoms with Gasteiger partial charge in [-0.25, -0.2) is 8.78 Å².